The second kappa shape index (κ2) is 30.0. The van der Waals surface area contributed by atoms with Gasteiger partial charge in [-0.05, 0) is 25.7 Å². The first-order valence-corrected chi connectivity index (χ1v) is 12.7. The van der Waals surface area contributed by atoms with Crippen LogP contribution in [-0.2, 0) is 4.74 Å². The van der Waals surface area contributed by atoms with E-state index in [2.05, 4.69) is 0 Å². The molecule has 4 N–H and O–H groups in total. The highest BCUT2D eigenvalue weighted by Crippen LogP contribution is 2.12. The number of rotatable bonds is 25. The zero-order chi connectivity index (χ0) is 20.4. The van der Waals surface area contributed by atoms with Gasteiger partial charge in [0.05, 0.1) is 0 Å². The Labute approximate surface area is 182 Å². The summed E-state index contributed by atoms with van der Waals surface area (Å²) in [5, 5.41) is 17.5. The van der Waals surface area contributed by atoms with Gasteiger partial charge in [-0.1, -0.05) is 109 Å². The Bertz CT molecular complexity index is 235. The predicted octanol–water partition coefficient (Wildman–Crippen LogP) is 6.36. The highest BCUT2D eigenvalue weighted by molar-refractivity contribution is 4.50. The first-order chi connectivity index (χ1) is 13.9. The zero-order valence-electron chi connectivity index (χ0n) is 19.5. The van der Waals surface area contributed by atoms with E-state index in [0.717, 1.165) is 26.1 Å². The summed E-state index contributed by atoms with van der Waals surface area (Å²) in [7, 11) is 0. The van der Waals surface area contributed by atoms with Crippen LogP contribution in [0.25, 0.3) is 0 Å². The molecule has 0 amide bonds. The molecule has 0 aliphatic heterocycles. The van der Waals surface area contributed by atoms with Gasteiger partial charge in [0, 0.05) is 26.4 Å². The van der Waals surface area contributed by atoms with Crippen LogP contribution in [0.3, 0.4) is 0 Å². The van der Waals surface area contributed by atoms with E-state index in [4.69, 9.17) is 14.9 Å². The summed E-state index contributed by atoms with van der Waals surface area (Å²) >= 11 is 0. The fourth-order valence-electron chi connectivity index (χ4n) is 3.74. The molecule has 0 radical (unpaired) electrons. The maximum Gasteiger partial charge on any atom is 0.0466 e. The molecular weight excluding hydrogens is 364 g/mol. The minimum Gasteiger partial charge on any atom is -0.412 e. The first-order valence-electron chi connectivity index (χ1n) is 12.7. The minimum absolute atomic E-state index is 0. The highest BCUT2D eigenvalue weighted by atomic mass is 16.5. The molecule has 0 heterocycles. The number of aliphatic hydroxyl groups excluding tert-OH is 2. The normalized spacial score (nSPS) is 11.0. The fraction of sp³-hybridized carbons (Fsp3) is 1.00. The lowest BCUT2D eigenvalue weighted by Crippen LogP contribution is -1.97. The summed E-state index contributed by atoms with van der Waals surface area (Å²) in [6.45, 7) is 2.63. The molecule has 0 aromatic heterocycles. The summed E-state index contributed by atoms with van der Waals surface area (Å²) in [4.78, 5) is 0. The molecule has 0 atom stereocenters. The van der Waals surface area contributed by atoms with Crippen molar-refractivity contribution in [2.24, 2.45) is 0 Å². The van der Waals surface area contributed by atoms with Gasteiger partial charge in [0.2, 0.25) is 0 Å². The molecule has 4 heteroatoms. The molecule has 0 aliphatic carbocycles. The Balaban J connectivity index is 0. The highest BCUT2D eigenvalue weighted by Gasteiger charge is 1.96. The fourth-order valence-corrected chi connectivity index (χ4v) is 3.74. The van der Waals surface area contributed by atoms with Gasteiger partial charge in [-0.3, -0.25) is 0 Å². The van der Waals surface area contributed by atoms with Crippen LogP contribution >= 0.6 is 0 Å². The van der Waals surface area contributed by atoms with Crippen molar-refractivity contribution in [2.75, 3.05) is 26.4 Å². The number of hydrogen-bond donors (Lipinski definition) is 2. The van der Waals surface area contributed by atoms with E-state index in [1.807, 2.05) is 0 Å². The molecule has 0 rings (SSSR count). The third-order valence-corrected chi connectivity index (χ3v) is 5.64. The van der Waals surface area contributed by atoms with Gasteiger partial charge in [0.15, 0.2) is 0 Å². The van der Waals surface area contributed by atoms with Crippen molar-refractivity contribution in [3.8, 4) is 0 Å². The number of hydrogen-bond acceptors (Lipinski definition) is 3. The van der Waals surface area contributed by atoms with Crippen molar-refractivity contribution in [2.45, 2.75) is 135 Å². The van der Waals surface area contributed by atoms with Gasteiger partial charge in [-0.2, -0.15) is 0 Å². The van der Waals surface area contributed by atoms with E-state index in [-0.39, 0.29) is 5.48 Å². The van der Waals surface area contributed by atoms with E-state index < -0.39 is 0 Å². The summed E-state index contributed by atoms with van der Waals surface area (Å²) in [5.41, 5.74) is 0. The van der Waals surface area contributed by atoms with Crippen molar-refractivity contribution in [3.63, 3.8) is 0 Å². The summed E-state index contributed by atoms with van der Waals surface area (Å²) in [6, 6.07) is 0. The standard InChI is InChI=1S/C25H52O3.H2O/c26-22-18-14-10-6-2-1-4-8-12-16-20-24-28-25-21-17-13-9-5-3-7-11-15-19-23-27;/h26-27H,1-25H2;1H2. The number of ether oxygens (including phenoxy) is 1. The van der Waals surface area contributed by atoms with Gasteiger partial charge < -0.3 is 20.4 Å². The van der Waals surface area contributed by atoms with Gasteiger partial charge in [0.1, 0.15) is 0 Å². The van der Waals surface area contributed by atoms with Crippen molar-refractivity contribution < 1.29 is 20.4 Å². The minimum atomic E-state index is 0. The van der Waals surface area contributed by atoms with Gasteiger partial charge in [-0.25, -0.2) is 0 Å². The van der Waals surface area contributed by atoms with Crippen LogP contribution in [0.1, 0.15) is 135 Å². The Morgan fingerprint density at radius 3 is 0.759 bits per heavy atom. The lowest BCUT2D eigenvalue weighted by atomic mass is 10.1. The van der Waals surface area contributed by atoms with Crippen molar-refractivity contribution in [1.82, 2.24) is 0 Å². The SMILES string of the molecule is O.OCCCCCCCCCCCCCOCCCCCCCCCCCCO. The predicted molar refractivity (Wildman–Crippen MR) is 126 cm³/mol. The number of unbranched alkanes of at least 4 members (excludes halogenated alkanes) is 19. The molecule has 0 saturated heterocycles. The van der Waals surface area contributed by atoms with Crippen LogP contribution in [0, 0.1) is 0 Å². The molecule has 0 aromatic rings. The van der Waals surface area contributed by atoms with E-state index in [9.17, 15) is 0 Å². The largest absolute Gasteiger partial charge is 0.412 e. The molecule has 29 heavy (non-hydrogen) atoms. The Morgan fingerprint density at radius 2 is 0.517 bits per heavy atom. The van der Waals surface area contributed by atoms with Gasteiger partial charge in [-0.15, -0.1) is 0 Å². The molecule has 0 unspecified atom stereocenters. The van der Waals surface area contributed by atoms with Gasteiger partial charge >= 0.3 is 0 Å². The van der Waals surface area contributed by atoms with E-state index in [1.54, 1.807) is 0 Å². The Morgan fingerprint density at radius 1 is 0.310 bits per heavy atom. The van der Waals surface area contributed by atoms with Crippen LogP contribution in [0.15, 0.2) is 0 Å². The van der Waals surface area contributed by atoms with E-state index in [1.165, 1.54) is 122 Å². The average Bonchev–Trinajstić information content (AvgIpc) is 2.71. The molecule has 0 fully saturated rings. The smallest absolute Gasteiger partial charge is 0.0466 e. The van der Waals surface area contributed by atoms with Crippen molar-refractivity contribution >= 4 is 0 Å². The van der Waals surface area contributed by atoms with Gasteiger partial charge in [0.25, 0.3) is 0 Å². The first kappa shape index (κ1) is 31.0. The zero-order valence-corrected chi connectivity index (χ0v) is 19.5. The molecule has 0 saturated carbocycles. The van der Waals surface area contributed by atoms with Crippen LogP contribution < -0.4 is 0 Å². The number of aliphatic hydroxyl groups is 2. The molecule has 0 spiro atoms. The Hall–Kier alpha value is -0.160. The molecule has 4 nitrogen and oxygen atoms in total. The second-order valence-corrected chi connectivity index (χ2v) is 8.48. The maximum absolute atomic E-state index is 8.73. The van der Waals surface area contributed by atoms with Crippen molar-refractivity contribution in [1.29, 1.82) is 0 Å². The van der Waals surface area contributed by atoms with Crippen LogP contribution in [0.5, 0.6) is 0 Å². The third-order valence-electron chi connectivity index (χ3n) is 5.64. The van der Waals surface area contributed by atoms with Crippen LogP contribution in [0.2, 0.25) is 0 Å². The summed E-state index contributed by atoms with van der Waals surface area (Å²) in [6.07, 6.45) is 27.1. The van der Waals surface area contributed by atoms with Crippen molar-refractivity contribution in [3.05, 3.63) is 0 Å². The summed E-state index contributed by atoms with van der Waals surface area (Å²) in [5.74, 6) is 0. The van der Waals surface area contributed by atoms with Crippen LogP contribution in [0.4, 0.5) is 0 Å². The quantitative estimate of drug-likeness (QED) is 0.169. The second-order valence-electron chi connectivity index (χ2n) is 8.48. The third kappa shape index (κ3) is 30.1. The summed E-state index contributed by atoms with van der Waals surface area (Å²) < 4.78 is 5.77. The topological polar surface area (TPSA) is 81.2 Å². The molecule has 0 aliphatic rings. The molecule has 178 valence electrons. The van der Waals surface area contributed by atoms with E-state index in [0.29, 0.717) is 13.2 Å². The molecule has 0 aromatic carbocycles. The molecule has 0 bridgehead atoms. The lowest BCUT2D eigenvalue weighted by Gasteiger charge is -2.05. The maximum atomic E-state index is 8.73. The van der Waals surface area contributed by atoms with Crippen LogP contribution in [-0.4, -0.2) is 42.1 Å². The van der Waals surface area contributed by atoms with E-state index >= 15 is 0 Å². The molecular formula is C25H54O4. The Kier molecular flexibility index (Phi) is 32.1. The lowest BCUT2D eigenvalue weighted by molar-refractivity contribution is 0.125. The monoisotopic (exact) mass is 418 g/mol. The average molecular weight is 419 g/mol.